The van der Waals surface area contributed by atoms with Crippen molar-refractivity contribution < 1.29 is 0 Å². The lowest BCUT2D eigenvalue weighted by molar-refractivity contribution is 0.740. The van der Waals surface area contributed by atoms with E-state index in [-0.39, 0.29) is 5.56 Å². The number of nitrogens with zero attached hydrogens (tertiary/aromatic N) is 3. The highest BCUT2D eigenvalue weighted by Crippen LogP contribution is 2.17. The summed E-state index contributed by atoms with van der Waals surface area (Å²) in [5.74, 6) is 0. The van der Waals surface area contributed by atoms with Crippen molar-refractivity contribution >= 4 is 0 Å². The molecule has 4 nitrogen and oxygen atoms in total. The van der Waals surface area contributed by atoms with Crippen LogP contribution in [0.25, 0.3) is 5.69 Å². The maximum absolute atomic E-state index is 12.9. The van der Waals surface area contributed by atoms with Crippen molar-refractivity contribution in [1.82, 2.24) is 14.1 Å². The van der Waals surface area contributed by atoms with Crippen LogP contribution in [0.2, 0.25) is 0 Å². The van der Waals surface area contributed by atoms with E-state index in [4.69, 9.17) is 0 Å². The van der Waals surface area contributed by atoms with Gasteiger partial charge in [0.25, 0.3) is 5.56 Å². The molecule has 0 atom stereocenters. The van der Waals surface area contributed by atoms with Gasteiger partial charge in [-0.25, -0.2) is 4.98 Å². The van der Waals surface area contributed by atoms with Gasteiger partial charge in [0.2, 0.25) is 0 Å². The molecule has 0 saturated heterocycles. The third kappa shape index (κ3) is 4.43. The molecule has 0 spiro atoms. The Labute approximate surface area is 177 Å². The van der Waals surface area contributed by atoms with Crippen LogP contribution in [0.4, 0.5) is 0 Å². The smallest absolute Gasteiger partial charge is 0.254 e. The molecular weight excluding hydrogens is 370 g/mol. The van der Waals surface area contributed by atoms with Gasteiger partial charge in [0.1, 0.15) is 0 Å². The average molecular weight is 398 g/mol. The molecule has 0 aliphatic carbocycles. The van der Waals surface area contributed by atoms with Crippen LogP contribution in [0.1, 0.15) is 33.5 Å². The molecule has 0 N–H and O–H groups in total. The quantitative estimate of drug-likeness (QED) is 0.469. The van der Waals surface area contributed by atoms with E-state index in [1.54, 1.807) is 4.57 Å². The van der Waals surface area contributed by atoms with E-state index >= 15 is 0 Å². The Morgan fingerprint density at radius 2 is 1.67 bits per heavy atom. The summed E-state index contributed by atoms with van der Waals surface area (Å²) >= 11 is 0. The molecule has 0 bridgehead atoms. The summed E-state index contributed by atoms with van der Waals surface area (Å²) in [5.41, 5.74) is 7.90. The minimum absolute atomic E-state index is 0.0975. The van der Waals surface area contributed by atoms with Crippen molar-refractivity contribution in [2.45, 2.75) is 40.2 Å². The number of aromatic nitrogens is 3. The van der Waals surface area contributed by atoms with Crippen LogP contribution in [0, 0.1) is 20.8 Å². The molecule has 0 unspecified atom stereocenters. The molecule has 0 aliphatic rings. The zero-order chi connectivity index (χ0) is 21.1. The molecule has 0 amide bonds. The van der Waals surface area contributed by atoms with Gasteiger partial charge in [-0.3, -0.25) is 4.79 Å². The second kappa shape index (κ2) is 8.54. The maximum Gasteiger partial charge on any atom is 0.254 e. The Kier molecular flexibility index (Phi) is 5.66. The van der Waals surface area contributed by atoms with E-state index in [0.29, 0.717) is 6.54 Å². The summed E-state index contributed by atoms with van der Waals surface area (Å²) in [6.07, 6.45) is 7.32. The van der Waals surface area contributed by atoms with E-state index < -0.39 is 0 Å². The van der Waals surface area contributed by atoms with Crippen LogP contribution < -0.4 is 5.56 Å². The molecule has 0 radical (unpaired) electrons. The first-order valence-electron chi connectivity index (χ1n) is 10.3. The lowest BCUT2D eigenvalue weighted by atomic mass is 10.0. The van der Waals surface area contributed by atoms with Crippen LogP contribution in [0.5, 0.6) is 0 Å². The molecule has 30 heavy (non-hydrogen) atoms. The molecule has 0 fully saturated rings. The van der Waals surface area contributed by atoms with Crippen molar-refractivity contribution in [1.29, 1.82) is 0 Å². The highest BCUT2D eigenvalue weighted by molar-refractivity contribution is 5.43. The lowest BCUT2D eigenvalue weighted by Gasteiger charge is -2.11. The Morgan fingerprint density at radius 3 is 2.37 bits per heavy atom. The standard InChI is InChI=1S/C26H27N3O/c1-19-6-8-23(9-7-19)17-28-14-4-5-24(26(28)30)12-10-22-11-13-25(20(2)15-22)29-16-21(3)27-18-29/h4-9,11,13-16,18H,10,12,17H2,1-3H3. The van der Waals surface area contributed by atoms with Crippen LogP contribution >= 0.6 is 0 Å². The fourth-order valence-electron chi connectivity index (χ4n) is 3.79. The predicted molar refractivity (Wildman–Crippen MR) is 121 cm³/mol. The van der Waals surface area contributed by atoms with Gasteiger partial charge in [-0.2, -0.15) is 0 Å². The van der Waals surface area contributed by atoms with Gasteiger partial charge in [0.05, 0.1) is 18.6 Å². The zero-order valence-corrected chi connectivity index (χ0v) is 17.8. The Balaban J connectivity index is 1.48. The Morgan fingerprint density at radius 1 is 0.900 bits per heavy atom. The largest absolute Gasteiger partial charge is 0.311 e. The summed E-state index contributed by atoms with van der Waals surface area (Å²) in [4.78, 5) is 17.2. The van der Waals surface area contributed by atoms with Crippen LogP contribution in [0.3, 0.4) is 0 Å². The topological polar surface area (TPSA) is 39.8 Å². The van der Waals surface area contributed by atoms with Crippen molar-refractivity contribution in [3.63, 3.8) is 0 Å². The molecule has 4 aromatic rings. The second-order valence-electron chi connectivity index (χ2n) is 8.00. The van der Waals surface area contributed by atoms with Crippen LogP contribution in [-0.4, -0.2) is 14.1 Å². The average Bonchev–Trinajstić information content (AvgIpc) is 3.16. The molecular formula is C26H27N3O. The fraction of sp³-hybridized carbons (Fsp3) is 0.231. The van der Waals surface area contributed by atoms with Crippen molar-refractivity contribution in [3.05, 3.63) is 117 Å². The van der Waals surface area contributed by atoms with Gasteiger partial charge in [0, 0.05) is 23.6 Å². The molecule has 152 valence electrons. The number of pyridine rings is 1. The number of imidazole rings is 1. The number of rotatable bonds is 6. The first kappa shape index (κ1) is 19.9. The van der Waals surface area contributed by atoms with E-state index in [2.05, 4.69) is 65.9 Å². The summed E-state index contributed by atoms with van der Waals surface area (Å²) in [6.45, 7) is 6.78. The molecule has 2 heterocycles. The van der Waals surface area contributed by atoms with E-state index in [0.717, 1.165) is 35.3 Å². The third-order valence-corrected chi connectivity index (χ3v) is 5.51. The Hall–Kier alpha value is -3.40. The normalized spacial score (nSPS) is 11.0. The summed E-state index contributed by atoms with van der Waals surface area (Å²) in [6, 6.07) is 18.7. The maximum atomic E-state index is 12.9. The number of aryl methyl sites for hydroxylation is 5. The number of benzene rings is 2. The fourth-order valence-corrected chi connectivity index (χ4v) is 3.79. The monoisotopic (exact) mass is 397 g/mol. The lowest BCUT2D eigenvalue weighted by Crippen LogP contribution is -2.23. The van der Waals surface area contributed by atoms with Crippen LogP contribution in [-0.2, 0) is 19.4 Å². The number of hydrogen-bond acceptors (Lipinski definition) is 2. The van der Waals surface area contributed by atoms with Gasteiger partial charge in [-0.1, -0.05) is 48.0 Å². The highest BCUT2D eigenvalue weighted by atomic mass is 16.1. The molecule has 4 rings (SSSR count). The van der Waals surface area contributed by atoms with E-state index in [1.807, 2.05) is 37.8 Å². The molecule has 2 aromatic carbocycles. The first-order valence-corrected chi connectivity index (χ1v) is 10.3. The van der Waals surface area contributed by atoms with Gasteiger partial charge >= 0.3 is 0 Å². The van der Waals surface area contributed by atoms with E-state index in [9.17, 15) is 4.79 Å². The van der Waals surface area contributed by atoms with Crippen molar-refractivity contribution in [2.75, 3.05) is 0 Å². The van der Waals surface area contributed by atoms with E-state index in [1.165, 1.54) is 16.7 Å². The predicted octanol–water partition coefficient (Wildman–Crippen LogP) is 4.79. The highest BCUT2D eigenvalue weighted by Gasteiger charge is 2.07. The third-order valence-electron chi connectivity index (χ3n) is 5.51. The summed E-state index contributed by atoms with van der Waals surface area (Å²) in [5, 5.41) is 0. The van der Waals surface area contributed by atoms with Gasteiger partial charge in [-0.15, -0.1) is 0 Å². The minimum Gasteiger partial charge on any atom is -0.311 e. The molecule has 0 aliphatic heterocycles. The van der Waals surface area contributed by atoms with Crippen molar-refractivity contribution in [2.24, 2.45) is 0 Å². The minimum atomic E-state index is 0.0975. The summed E-state index contributed by atoms with van der Waals surface area (Å²) in [7, 11) is 0. The van der Waals surface area contributed by atoms with Crippen molar-refractivity contribution in [3.8, 4) is 5.69 Å². The molecule has 4 heteroatoms. The first-order chi connectivity index (χ1) is 14.5. The molecule has 2 aromatic heterocycles. The van der Waals surface area contributed by atoms with Gasteiger partial charge in [0.15, 0.2) is 0 Å². The SMILES string of the molecule is Cc1ccc(Cn2cccc(CCc3ccc(-n4cnc(C)c4)c(C)c3)c2=O)cc1. The zero-order valence-electron chi connectivity index (χ0n) is 17.8. The Bertz CT molecular complexity index is 1220. The molecule has 0 saturated carbocycles. The second-order valence-corrected chi connectivity index (χ2v) is 8.00. The summed E-state index contributed by atoms with van der Waals surface area (Å²) < 4.78 is 3.85. The van der Waals surface area contributed by atoms with Gasteiger partial charge in [-0.05, 0) is 62.4 Å². The number of hydrogen-bond donors (Lipinski definition) is 0. The van der Waals surface area contributed by atoms with Crippen LogP contribution in [0.15, 0.2) is 78.1 Å². The van der Waals surface area contributed by atoms with Gasteiger partial charge < -0.3 is 9.13 Å².